The minimum absolute atomic E-state index is 0.0669. The van der Waals surface area contributed by atoms with Crippen LogP contribution in [-0.4, -0.2) is 44.0 Å². The fraction of sp³-hybridized carbons (Fsp3) is 0.450. The van der Waals surface area contributed by atoms with Crippen LogP contribution < -0.4 is 10.1 Å². The zero-order chi connectivity index (χ0) is 22.2. The number of anilines is 1. The number of amides is 1. The summed E-state index contributed by atoms with van der Waals surface area (Å²) in [5.74, 6) is -1.53. The van der Waals surface area contributed by atoms with E-state index in [2.05, 4.69) is 5.32 Å². The van der Waals surface area contributed by atoms with Crippen molar-refractivity contribution in [1.29, 1.82) is 0 Å². The summed E-state index contributed by atoms with van der Waals surface area (Å²) in [6, 6.07) is 2.93. The number of halogens is 1. The van der Waals surface area contributed by atoms with Crippen LogP contribution in [0.3, 0.4) is 0 Å². The van der Waals surface area contributed by atoms with E-state index in [1.165, 1.54) is 25.3 Å². The summed E-state index contributed by atoms with van der Waals surface area (Å²) in [6.07, 6.45) is 0.471. The first-order valence-corrected chi connectivity index (χ1v) is 9.33. The van der Waals surface area contributed by atoms with Gasteiger partial charge in [-0.05, 0) is 46.8 Å². The van der Waals surface area contributed by atoms with E-state index < -0.39 is 23.6 Å². The van der Waals surface area contributed by atoms with Gasteiger partial charge in [-0.15, -0.1) is 0 Å². The van der Waals surface area contributed by atoms with E-state index >= 15 is 0 Å². The molecule has 0 saturated heterocycles. The monoisotopic (exact) mass is 427 g/mol. The maximum atomic E-state index is 12.3. The van der Waals surface area contributed by atoms with Crippen LogP contribution in [0.1, 0.15) is 40.2 Å². The van der Waals surface area contributed by atoms with Crippen LogP contribution in [0.2, 0.25) is 5.02 Å². The van der Waals surface area contributed by atoms with Crippen LogP contribution in [0.4, 0.5) is 10.5 Å². The standard InChI is InChI=1S/C20H26ClNO7/c1-7-27-17(23)14(18(24)28-8-2)10-12-9-13(21)11-15(26-6)16(12)22-19(25)29-20(3,4)5/h9-11H,7-8H2,1-6H3,(H,22,25). The van der Waals surface area contributed by atoms with E-state index in [4.69, 9.17) is 30.5 Å². The number of rotatable bonds is 7. The van der Waals surface area contributed by atoms with Gasteiger partial charge in [0.05, 0.1) is 26.0 Å². The van der Waals surface area contributed by atoms with Gasteiger partial charge in [0.2, 0.25) is 0 Å². The molecule has 8 nitrogen and oxygen atoms in total. The highest BCUT2D eigenvalue weighted by molar-refractivity contribution is 6.31. The zero-order valence-corrected chi connectivity index (χ0v) is 18.1. The molecular formula is C20H26ClNO7. The maximum Gasteiger partial charge on any atom is 0.412 e. The minimum Gasteiger partial charge on any atom is -0.494 e. The number of carbonyl (C=O) groups is 3. The van der Waals surface area contributed by atoms with Crippen molar-refractivity contribution in [1.82, 2.24) is 0 Å². The van der Waals surface area contributed by atoms with Crippen LogP contribution >= 0.6 is 11.6 Å². The molecule has 160 valence electrons. The number of benzene rings is 1. The molecule has 29 heavy (non-hydrogen) atoms. The second-order valence-corrected chi connectivity index (χ2v) is 7.13. The highest BCUT2D eigenvalue weighted by atomic mass is 35.5. The van der Waals surface area contributed by atoms with E-state index in [0.29, 0.717) is 0 Å². The van der Waals surface area contributed by atoms with Crippen LogP contribution in [-0.2, 0) is 23.8 Å². The summed E-state index contributed by atoms with van der Waals surface area (Å²) in [7, 11) is 1.39. The molecule has 0 fully saturated rings. The van der Waals surface area contributed by atoms with Gasteiger partial charge < -0.3 is 18.9 Å². The van der Waals surface area contributed by atoms with E-state index in [-0.39, 0.29) is 40.8 Å². The molecule has 0 spiro atoms. The van der Waals surface area contributed by atoms with Crippen molar-refractivity contribution >= 4 is 41.4 Å². The first kappa shape index (κ1) is 24.3. The third-order valence-corrected chi connectivity index (χ3v) is 3.45. The Morgan fingerprint density at radius 3 is 2.07 bits per heavy atom. The molecule has 0 aliphatic rings. The number of hydrogen-bond donors (Lipinski definition) is 1. The SMILES string of the molecule is CCOC(=O)C(=Cc1cc(Cl)cc(OC)c1NC(=O)OC(C)(C)C)C(=O)OCC. The lowest BCUT2D eigenvalue weighted by Crippen LogP contribution is -2.27. The highest BCUT2D eigenvalue weighted by Crippen LogP contribution is 2.34. The highest BCUT2D eigenvalue weighted by Gasteiger charge is 2.24. The van der Waals surface area contributed by atoms with Crippen molar-refractivity contribution in [3.05, 3.63) is 28.3 Å². The van der Waals surface area contributed by atoms with Gasteiger partial charge in [-0.3, -0.25) is 5.32 Å². The van der Waals surface area contributed by atoms with E-state index in [9.17, 15) is 14.4 Å². The number of nitrogens with one attached hydrogen (secondary N) is 1. The van der Waals surface area contributed by atoms with Crippen LogP contribution in [0.5, 0.6) is 5.75 Å². The van der Waals surface area contributed by atoms with Gasteiger partial charge in [-0.25, -0.2) is 14.4 Å². The Balaban J connectivity index is 3.51. The lowest BCUT2D eigenvalue weighted by atomic mass is 10.1. The number of hydrogen-bond acceptors (Lipinski definition) is 7. The molecule has 0 bridgehead atoms. The van der Waals surface area contributed by atoms with E-state index in [1.54, 1.807) is 34.6 Å². The Morgan fingerprint density at radius 2 is 1.62 bits per heavy atom. The summed E-state index contributed by atoms with van der Waals surface area (Å²) in [5, 5.41) is 2.83. The third-order valence-electron chi connectivity index (χ3n) is 3.23. The first-order valence-electron chi connectivity index (χ1n) is 8.95. The lowest BCUT2D eigenvalue weighted by molar-refractivity contribution is -0.146. The molecule has 0 saturated carbocycles. The van der Waals surface area contributed by atoms with Crippen LogP contribution in [0, 0.1) is 0 Å². The molecule has 0 radical (unpaired) electrons. The quantitative estimate of drug-likeness (QED) is 0.229. The van der Waals surface area contributed by atoms with Crippen molar-refractivity contribution in [3.63, 3.8) is 0 Å². The summed E-state index contributed by atoms with van der Waals surface area (Å²) in [4.78, 5) is 36.8. The van der Waals surface area contributed by atoms with E-state index in [1.807, 2.05) is 0 Å². The van der Waals surface area contributed by atoms with Crippen molar-refractivity contribution in [2.45, 2.75) is 40.2 Å². The Labute approximate surface area is 175 Å². The number of methoxy groups -OCH3 is 1. The van der Waals surface area contributed by atoms with Crippen LogP contribution in [0.25, 0.3) is 6.08 Å². The Kier molecular flexibility index (Phi) is 8.97. The molecule has 0 aliphatic heterocycles. The Morgan fingerprint density at radius 1 is 1.07 bits per heavy atom. The molecule has 0 aliphatic carbocycles. The largest absolute Gasteiger partial charge is 0.494 e. The molecule has 1 aromatic carbocycles. The Hall–Kier alpha value is -2.74. The maximum absolute atomic E-state index is 12.3. The number of ether oxygens (including phenoxy) is 4. The van der Waals surface area contributed by atoms with Crippen molar-refractivity contribution in [2.24, 2.45) is 0 Å². The van der Waals surface area contributed by atoms with Gasteiger partial charge in [0, 0.05) is 16.7 Å². The zero-order valence-electron chi connectivity index (χ0n) is 17.4. The second kappa shape index (κ2) is 10.7. The predicted molar refractivity (Wildman–Crippen MR) is 109 cm³/mol. The van der Waals surface area contributed by atoms with Gasteiger partial charge in [-0.2, -0.15) is 0 Å². The van der Waals surface area contributed by atoms with Crippen molar-refractivity contribution in [3.8, 4) is 5.75 Å². The molecule has 0 heterocycles. The Bertz CT molecular complexity index is 777. The molecule has 1 amide bonds. The van der Waals surface area contributed by atoms with Gasteiger partial charge in [0.25, 0.3) is 0 Å². The molecule has 1 rings (SSSR count). The fourth-order valence-corrected chi connectivity index (χ4v) is 2.41. The smallest absolute Gasteiger partial charge is 0.412 e. The molecule has 0 unspecified atom stereocenters. The number of carbonyl (C=O) groups excluding carboxylic acids is 3. The third kappa shape index (κ3) is 7.65. The van der Waals surface area contributed by atoms with Crippen molar-refractivity contribution in [2.75, 3.05) is 25.6 Å². The molecule has 1 aromatic rings. The topological polar surface area (TPSA) is 100 Å². The predicted octanol–water partition coefficient (Wildman–Crippen LogP) is 4.21. The normalized spacial score (nSPS) is 10.6. The molecule has 1 N–H and O–H groups in total. The van der Waals surface area contributed by atoms with E-state index in [0.717, 1.165) is 0 Å². The second-order valence-electron chi connectivity index (χ2n) is 6.70. The fourth-order valence-electron chi connectivity index (χ4n) is 2.19. The van der Waals surface area contributed by atoms with Gasteiger partial charge >= 0.3 is 18.0 Å². The molecule has 9 heteroatoms. The van der Waals surface area contributed by atoms with Crippen LogP contribution in [0.15, 0.2) is 17.7 Å². The average Bonchev–Trinajstić information content (AvgIpc) is 2.59. The summed E-state index contributed by atoms with van der Waals surface area (Å²) in [6.45, 7) is 8.50. The number of esters is 2. The summed E-state index contributed by atoms with van der Waals surface area (Å²) < 4.78 is 20.4. The molecule has 0 aromatic heterocycles. The van der Waals surface area contributed by atoms with Gasteiger partial charge in [0.1, 0.15) is 16.9 Å². The molecular weight excluding hydrogens is 402 g/mol. The molecule has 0 atom stereocenters. The summed E-state index contributed by atoms with van der Waals surface area (Å²) in [5.41, 5.74) is -0.695. The minimum atomic E-state index is -0.867. The first-order chi connectivity index (χ1) is 13.5. The average molecular weight is 428 g/mol. The summed E-state index contributed by atoms with van der Waals surface area (Å²) >= 11 is 6.12. The lowest BCUT2D eigenvalue weighted by Gasteiger charge is -2.21. The van der Waals surface area contributed by atoms with Gasteiger partial charge in [0.15, 0.2) is 0 Å². The van der Waals surface area contributed by atoms with Crippen molar-refractivity contribution < 1.29 is 33.3 Å². The van der Waals surface area contributed by atoms with Gasteiger partial charge in [-0.1, -0.05) is 11.6 Å².